The Labute approximate surface area is 145 Å². The number of hydrogen-bond acceptors (Lipinski definition) is 7. The normalized spacial score (nSPS) is 15.2. The Bertz CT molecular complexity index is 746. The van der Waals surface area contributed by atoms with E-state index >= 15 is 0 Å². The molecule has 1 fully saturated rings. The van der Waals surface area contributed by atoms with Gasteiger partial charge in [0.05, 0.1) is 12.0 Å². The number of piperazine rings is 1. The molecule has 1 aromatic carbocycles. The average Bonchev–Trinajstić information content (AvgIpc) is 2.64. The van der Waals surface area contributed by atoms with E-state index in [1.165, 1.54) is 13.2 Å². The Morgan fingerprint density at radius 2 is 2.04 bits per heavy atom. The molecule has 2 heterocycles. The van der Waals surface area contributed by atoms with Crippen molar-refractivity contribution >= 4 is 11.5 Å². The van der Waals surface area contributed by atoms with Crippen molar-refractivity contribution in [2.24, 2.45) is 0 Å². The monoisotopic (exact) mass is 344 g/mol. The number of ether oxygens (including phenoxy) is 1. The van der Waals surface area contributed by atoms with E-state index in [0.717, 1.165) is 37.6 Å². The predicted octanol–water partition coefficient (Wildman–Crippen LogP) is 2.03. The van der Waals surface area contributed by atoms with Crippen LogP contribution in [0.25, 0.3) is 0 Å². The van der Waals surface area contributed by atoms with Gasteiger partial charge in [0, 0.05) is 45.0 Å². The van der Waals surface area contributed by atoms with E-state index in [9.17, 15) is 15.2 Å². The lowest BCUT2D eigenvalue weighted by Crippen LogP contribution is -2.46. The predicted molar refractivity (Wildman–Crippen MR) is 93.0 cm³/mol. The molecule has 3 rings (SSSR count). The molecule has 0 aliphatic carbocycles. The zero-order chi connectivity index (χ0) is 17.8. The second-order valence-electron chi connectivity index (χ2n) is 5.87. The second kappa shape index (κ2) is 7.35. The maximum absolute atomic E-state index is 11.1. The van der Waals surface area contributed by atoms with Crippen molar-refractivity contribution in [1.82, 2.24) is 9.88 Å². The van der Waals surface area contributed by atoms with Crippen LogP contribution in [0, 0.1) is 10.1 Å². The van der Waals surface area contributed by atoms with Crippen LogP contribution in [0.3, 0.4) is 0 Å². The molecule has 2 aromatic rings. The first kappa shape index (κ1) is 17.0. The van der Waals surface area contributed by atoms with E-state index in [4.69, 9.17) is 4.74 Å². The average molecular weight is 344 g/mol. The van der Waals surface area contributed by atoms with Gasteiger partial charge in [0.1, 0.15) is 5.82 Å². The van der Waals surface area contributed by atoms with Crippen LogP contribution in [0.4, 0.5) is 11.5 Å². The van der Waals surface area contributed by atoms with E-state index in [-0.39, 0.29) is 11.4 Å². The summed E-state index contributed by atoms with van der Waals surface area (Å²) in [5.41, 5.74) is 0.411. The van der Waals surface area contributed by atoms with Crippen molar-refractivity contribution in [1.29, 1.82) is 0 Å². The zero-order valence-electron chi connectivity index (χ0n) is 14.0. The highest BCUT2D eigenvalue weighted by Crippen LogP contribution is 2.37. The molecular formula is C17H20N4O4. The molecule has 0 atom stereocenters. The lowest BCUT2D eigenvalue weighted by molar-refractivity contribution is -0.386. The fourth-order valence-electron chi connectivity index (χ4n) is 2.97. The minimum atomic E-state index is -0.597. The molecule has 8 nitrogen and oxygen atoms in total. The quantitative estimate of drug-likeness (QED) is 0.655. The minimum Gasteiger partial charge on any atom is -0.500 e. The van der Waals surface area contributed by atoms with Crippen molar-refractivity contribution in [3.63, 3.8) is 0 Å². The summed E-state index contributed by atoms with van der Waals surface area (Å²) in [6, 6.07) is 8.90. The summed E-state index contributed by atoms with van der Waals surface area (Å²) in [5, 5.41) is 21.0. The van der Waals surface area contributed by atoms with E-state index in [1.807, 2.05) is 18.2 Å². The highest BCUT2D eigenvalue weighted by Gasteiger charge is 2.22. The van der Waals surface area contributed by atoms with E-state index in [1.54, 1.807) is 12.3 Å². The molecule has 1 aliphatic rings. The maximum Gasteiger partial charge on any atom is 0.314 e. The van der Waals surface area contributed by atoms with Gasteiger partial charge in [-0.1, -0.05) is 6.07 Å². The van der Waals surface area contributed by atoms with Crippen LogP contribution >= 0.6 is 0 Å². The largest absolute Gasteiger partial charge is 0.500 e. The summed E-state index contributed by atoms with van der Waals surface area (Å²) in [5.74, 6) is 0.650. The van der Waals surface area contributed by atoms with Gasteiger partial charge in [-0.25, -0.2) is 4.98 Å². The highest BCUT2D eigenvalue weighted by molar-refractivity contribution is 5.57. The lowest BCUT2D eigenvalue weighted by atomic mass is 10.1. The molecule has 0 saturated carbocycles. The Kier molecular flexibility index (Phi) is 4.99. The zero-order valence-corrected chi connectivity index (χ0v) is 14.0. The van der Waals surface area contributed by atoms with Crippen molar-refractivity contribution in [2.75, 3.05) is 38.2 Å². The number of phenols is 1. The first-order valence-corrected chi connectivity index (χ1v) is 8.01. The molecular weight excluding hydrogens is 324 g/mol. The number of phenolic OH excluding ortho intramolecular Hbond substituents is 1. The Hall–Kier alpha value is -2.87. The van der Waals surface area contributed by atoms with E-state index in [0.29, 0.717) is 6.54 Å². The molecule has 132 valence electrons. The van der Waals surface area contributed by atoms with Crippen LogP contribution in [0.1, 0.15) is 5.56 Å². The van der Waals surface area contributed by atoms with Crippen LogP contribution in [0.5, 0.6) is 11.5 Å². The molecule has 0 spiro atoms. The number of methoxy groups -OCH3 is 1. The number of pyridine rings is 1. The molecule has 0 radical (unpaired) electrons. The van der Waals surface area contributed by atoms with Crippen molar-refractivity contribution in [3.05, 3.63) is 52.2 Å². The van der Waals surface area contributed by atoms with Crippen molar-refractivity contribution in [3.8, 4) is 11.5 Å². The van der Waals surface area contributed by atoms with Crippen LogP contribution in [0.2, 0.25) is 0 Å². The standard InChI is InChI=1S/C17H20N4O4/c1-25-15-11-13(10-14(17(15)22)21(23)24)12-19-6-8-20(9-7-19)16-4-2-3-5-18-16/h2-5,10-11,22H,6-9,12H2,1H3. The number of nitro groups is 1. The van der Waals surface area contributed by atoms with Gasteiger partial charge in [0.2, 0.25) is 5.75 Å². The molecule has 0 unspecified atom stereocenters. The van der Waals surface area contributed by atoms with E-state index < -0.39 is 10.7 Å². The summed E-state index contributed by atoms with van der Waals surface area (Å²) in [7, 11) is 1.38. The number of rotatable bonds is 5. The summed E-state index contributed by atoms with van der Waals surface area (Å²) < 4.78 is 5.05. The van der Waals surface area contributed by atoms with Crippen LogP contribution in [-0.4, -0.2) is 53.2 Å². The second-order valence-corrected chi connectivity index (χ2v) is 5.87. The molecule has 1 saturated heterocycles. The van der Waals surface area contributed by atoms with Crippen LogP contribution in [-0.2, 0) is 6.54 Å². The number of anilines is 1. The SMILES string of the molecule is COc1cc(CN2CCN(c3ccccn3)CC2)cc([N+](=O)[O-])c1O. The van der Waals surface area contributed by atoms with Crippen molar-refractivity contribution in [2.45, 2.75) is 6.54 Å². The number of nitro benzene ring substituents is 1. The molecule has 8 heteroatoms. The fraction of sp³-hybridized carbons (Fsp3) is 0.353. The summed E-state index contributed by atoms with van der Waals surface area (Å²) >= 11 is 0. The smallest absolute Gasteiger partial charge is 0.314 e. The Balaban J connectivity index is 1.68. The van der Waals surface area contributed by atoms with Gasteiger partial charge in [-0.05, 0) is 23.8 Å². The fourth-order valence-corrected chi connectivity index (χ4v) is 2.97. The third-order valence-electron chi connectivity index (χ3n) is 4.28. The van der Waals surface area contributed by atoms with Gasteiger partial charge in [0.25, 0.3) is 0 Å². The van der Waals surface area contributed by atoms with Gasteiger partial charge >= 0.3 is 5.69 Å². The summed E-state index contributed by atoms with van der Waals surface area (Å²) in [4.78, 5) is 19.3. The van der Waals surface area contributed by atoms with Gasteiger partial charge in [-0.2, -0.15) is 0 Å². The number of benzene rings is 1. The highest BCUT2D eigenvalue weighted by atomic mass is 16.6. The topological polar surface area (TPSA) is 92.0 Å². The number of hydrogen-bond donors (Lipinski definition) is 1. The summed E-state index contributed by atoms with van der Waals surface area (Å²) in [6.07, 6.45) is 1.78. The molecule has 0 bridgehead atoms. The van der Waals surface area contributed by atoms with Gasteiger partial charge < -0.3 is 14.7 Å². The van der Waals surface area contributed by atoms with Crippen molar-refractivity contribution < 1.29 is 14.8 Å². The molecule has 25 heavy (non-hydrogen) atoms. The summed E-state index contributed by atoms with van der Waals surface area (Å²) in [6.45, 7) is 3.90. The molecule has 1 aliphatic heterocycles. The number of nitrogens with zero attached hydrogens (tertiary/aromatic N) is 4. The van der Waals surface area contributed by atoms with E-state index in [2.05, 4.69) is 14.8 Å². The molecule has 1 N–H and O–H groups in total. The first-order chi connectivity index (χ1) is 12.1. The molecule has 1 aromatic heterocycles. The Morgan fingerprint density at radius 3 is 2.64 bits per heavy atom. The third-order valence-corrected chi connectivity index (χ3v) is 4.28. The minimum absolute atomic E-state index is 0.122. The number of aromatic hydroxyl groups is 1. The number of aromatic nitrogens is 1. The van der Waals surface area contributed by atoms with Crippen LogP contribution < -0.4 is 9.64 Å². The van der Waals surface area contributed by atoms with Gasteiger partial charge in [-0.15, -0.1) is 0 Å². The van der Waals surface area contributed by atoms with Gasteiger partial charge in [-0.3, -0.25) is 15.0 Å². The lowest BCUT2D eigenvalue weighted by Gasteiger charge is -2.35. The maximum atomic E-state index is 11.1. The van der Waals surface area contributed by atoms with Gasteiger partial charge in [0.15, 0.2) is 5.75 Å². The third kappa shape index (κ3) is 3.80. The first-order valence-electron chi connectivity index (χ1n) is 8.01. The molecule has 0 amide bonds. The van der Waals surface area contributed by atoms with Crippen LogP contribution in [0.15, 0.2) is 36.5 Å². The Morgan fingerprint density at radius 1 is 1.28 bits per heavy atom.